The molecule has 2 aromatic heterocycles. The van der Waals surface area contributed by atoms with Crippen LogP contribution in [0.1, 0.15) is 6.42 Å². The highest BCUT2D eigenvalue weighted by molar-refractivity contribution is 5.87. The summed E-state index contributed by atoms with van der Waals surface area (Å²) >= 11 is 0. The second kappa shape index (κ2) is 7.93. The van der Waals surface area contributed by atoms with E-state index >= 15 is 0 Å². The van der Waals surface area contributed by atoms with Crippen molar-refractivity contribution in [2.45, 2.75) is 6.42 Å². The highest BCUT2D eigenvalue weighted by Gasteiger charge is 2.13. The van der Waals surface area contributed by atoms with Gasteiger partial charge in [0.05, 0.1) is 30.5 Å². The molecular weight excluding hydrogens is 354 g/mol. The Kier molecular flexibility index (Phi) is 5.21. The van der Waals surface area contributed by atoms with Gasteiger partial charge in [-0.2, -0.15) is 5.10 Å². The number of benzene rings is 1. The van der Waals surface area contributed by atoms with Gasteiger partial charge < -0.3 is 10.1 Å². The van der Waals surface area contributed by atoms with Gasteiger partial charge in [0, 0.05) is 25.7 Å². The molecule has 9 heteroatoms. The first-order valence-corrected chi connectivity index (χ1v) is 8.90. The second-order valence-corrected chi connectivity index (χ2v) is 6.35. The molecule has 0 aliphatic carbocycles. The minimum atomic E-state index is -0.924. The fourth-order valence-corrected chi connectivity index (χ4v) is 3.12. The number of aromatic nitrogens is 4. The lowest BCUT2D eigenvalue weighted by Crippen LogP contribution is -2.37. The van der Waals surface area contributed by atoms with Gasteiger partial charge in [-0.3, -0.25) is 4.90 Å². The van der Waals surface area contributed by atoms with Gasteiger partial charge in [0.25, 0.3) is 0 Å². The van der Waals surface area contributed by atoms with E-state index < -0.39 is 11.6 Å². The second-order valence-electron chi connectivity index (χ2n) is 6.35. The standard InChI is InChI=1S/C18H20F2N6O/c19-15-3-2-13(10-16(15)20)26-18-14(11-24-26)17(22-12-23-18)21-4-1-5-25-6-8-27-9-7-25/h2-3,10-12H,1,4-9H2,(H,21,22,23). The summed E-state index contributed by atoms with van der Waals surface area (Å²) in [5, 5.41) is 8.31. The summed E-state index contributed by atoms with van der Waals surface area (Å²) in [6, 6.07) is 3.63. The van der Waals surface area contributed by atoms with Gasteiger partial charge in [-0.1, -0.05) is 0 Å². The van der Waals surface area contributed by atoms with E-state index in [4.69, 9.17) is 4.74 Å². The van der Waals surface area contributed by atoms with Crippen LogP contribution in [0.3, 0.4) is 0 Å². The number of halogens is 2. The molecule has 0 bridgehead atoms. The first-order chi connectivity index (χ1) is 13.2. The third-order valence-corrected chi connectivity index (χ3v) is 4.56. The Labute approximate surface area is 155 Å². The van der Waals surface area contributed by atoms with E-state index in [1.165, 1.54) is 17.1 Å². The summed E-state index contributed by atoms with van der Waals surface area (Å²) in [5.41, 5.74) is 0.938. The normalized spacial score (nSPS) is 15.3. The van der Waals surface area contributed by atoms with Crippen molar-refractivity contribution in [1.29, 1.82) is 0 Å². The number of fused-ring (bicyclic) bond motifs is 1. The van der Waals surface area contributed by atoms with Gasteiger partial charge in [0.2, 0.25) is 0 Å². The number of nitrogens with one attached hydrogen (secondary N) is 1. The van der Waals surface area contributed by atoms with Crippen molar-refractivity contribution in [2.75, 3.05) is 44.7 Å². The Hall–Kier alpha value is -2.65. The monoisotopic (exact) mass is 374 g/mol. The topological polar surface area (TPSA) is 68.1 Å². The lowest BCUT2D eigenvalue weighted by Gasteiger charge is -2.26. The van der Waals surface area contributed by atoms with Gasteiger partial charge in [-0.05, 0) is 25.1 Å². The molecule has 3 aromatic rings. The van der Waals surface area contributed by atoms with Crippen LogP contribution in [-0.4, -0.2) is 64.0 Å². The Morgan fingerprint density at radius 3 is 2.78 bits per heavy atom. The maximum absolute atomic E-state index is 13.5. The van der Waals surface area contributed by atoms with Crippen LogP contribution in [0, 0.1) is 11.6 Å². The Morgan fingerprint density at radius 2 is 1.96 bits per heavy atom. The van der Waals surface area contributed by atoms with Gasteiger partial charge in [0.1, 0.15) is 12.1 Å². The molecule has 1 N–H and O–H groups in total. The summed E-state index contributed by atoms with van der Waals surface area (Å²) in [7, 11) is 0. The molecule has 27 heavy (non-hydrogen) atoms. The van der Waals surface area contributed by atoms with E-state index in [9.17, 15) is 8.78 Å². The van der Waals surface area contributed by atoms with E-state index in [2.05, 4.69) is 25.3 Å². The lowest BCUT2D eigenvalue weighted by atomic mass is 10.3. The lowest BCUT2D eigenvalue weighted by molar-refractivity contribution is 0.0378. The van der Waals surface area contributed by atoms with Gasteiger partial charge in [-0.15, -0.1) is 0 Å². The number of ether oxygens (including phenoxy) is 1. The summed E-state index contributed by atoms with van der Waals surface area (Å²) in [4.78, 5) is 10.9. The molecular formula is C18H20F2N6O. The Balaban J connectivity index is 1.46. The van der Waals surface area contributed by atoms with Crippen LogP contribution < -0.4 is 5.32 Å². The molecule has 4 rings (SSSR count). The number of nitrogens with zero attached hydrogens (tertiary/aromatic N) is 5. The minimum Gasteiger partial charge on any atom is -0.379 e. The van der Waals surface area contributed by atoms with Crippen LogP contribution in [-0.2, 0) is 4.74 Å². The predicted molar refractivity (Wildman–Crippen MR) is 96.9 cm³/mol. The number of morpholine rings is 1. The summed E-state index contributed by atoms with van der Waals surface area (Å²) in [6.45, 7) is 5.29. The van der Waals surface area contributed by atoms with Crippen molar-refractivity contribution in [2.24, 2.45) is 0 Å². The molecule has 7 nitrogen and oxygen atoms in total. The zero-order valence-electron chi connectivity index (χ0n) is 14.7. The van der Waals surface area contributed by atoms with Crippen molar-refractivity contribution >= 4 is 16.9 Å². The largest absolute Gasteiger partial charge is 0.379 e. The quantitative estimate of drug-likeness (QED) is 0.668. The predicted octanol–water partition coefficient (Wildman–Crippen LogP) is 2.23. The van der Waals surface area contributed by atoms with Crippen LogP contribution in [0.15, 0.2) is 30.7 Å². The summed E-state index contributed by atoms with van der Waals surface area (Å²) in [5.74, 6) is -1.14. The van der Waals surface area contributed by atoms with Crippen molar-refractivity contribution in [3.8, 4) is 5.69 Å². The van der Waals surface area contributed by atoms with Crippen molar-refractivity contribution in [3.63, 3.8) is 0 Å². The zero-order valence-corrected chi connectivity index (χ0v) is 14.7. The van der Waals surface area contributed by atoms with E-state index in [-0.39, 0.29) is 0 Å². The first kappa shape index (κ1) is 17.7. The molecule has 1 saturated heterocycles. The van der Waals surface area contributed by atoms with Gasteiger partial charge >= 0.3 is 0 Å². The molecule has 1 aliphatic rings. The molecule has 0 atom stereocenters. The molecule has 1 aliphatic heterocycles. The summed E-state index contributed by atoms with van der Waals surface area (Å²) < 4.78 is 33.5. The molecule has 0 amide bonds. The number of rotatable bonds is 6. The van der Waals surface area contributed by atoms with Crippen LogP contribution in [0.5, 0.6) is 0 Å². The minimum absolute atomic E-state index is 0.404. The molecule has 0 saturated carbocycles. The first-order valence-electron chi connectivity index (χ1n) is 8.90. The summed E-state index contributed by atoms with van der Waals surface area (Å²) in [6.07, 6.45) is 4.04. The number of hydrogen-bond acceptors (Lipinski definition) is 6. The fourth-order valence-electron chi connectivity index (χ4n) is 3.12. The number of hydrogen-bond donors (Lipinski definition) is 1. The third kappa shape index (κ3) is 3.88. The van der Waals surface area contributed by atoms with Crippen molar-refractivity contribution in [3.05, 3.63) is 42.4 Å². The van der Waals surface area contributed by atoms with Crippen molar-refractivity contribution in [1.82, 2.24) is 24.6 Å². The van der Waals surface area contributed by atoms with Gasteiger partial charge in [0.15, 0.2) is 17.3 Å². The SMILES string of the molecule is Fc1ccc(-n2ncc3c(NCCCN4CCOCC4)ncnc32)cc1F. The molecule has 0 spiro atoms. The number of anilines is 1. The molecule has 1 aromatic carbocycles. The van der Waals surface area contributed by atoms with E-state index in [0.717, 1.165) is 63.3 Å². The van der Waals surface area contributed by atoms with Crippen molar-refractivity contribution < 1.29 is 13.5 Å². The highest BCUT2D eigenvalue weighted by Crippen LogP contribution is 2.22. The molecule has 142 valence electrons. The van der Waals surface area contributed by atoms with E-state index in [0.29, 0.717) is 17.2 Å². The maximum Gasteiger partial charge on any atom is 0.168 e. The Morgan fingerprint density at radius 1 is 1.11 bits per heavy atom. The maximum atomic E-state index is 13.5. The van der Waals surface area contributed by atoms with Gasteiger partial charge in [-0.25, -0.2) is 23.4 Å². The van der Waals surface area contributed by atoms with Crippen LogP contribution in [0.2, 0.25) is 0 Å². The van der Waals surface area contributed by atoms with Crippen LogP contribution in [0.25, 0.3) is 16.7 Å². The Bertz CT molecular complexity index is 925. The zero-order chi connectivity index (χ0) is 18.6. The highest BCUT2D eigenvalue weighted by atomic mass is 19.2. The van der Waals surface area contributed by atoms with E-state index in [1.807, 2.05) is 0 Å². The molecule has 3 heterocycles. The molecule has 0 unspecified atom stereocenters. The average Bonchev–Trinajstić information content (AvgIpc) is 3.13. The fraction of sp³-hybridized carbons (Fsp3) is 0.389. The molecule has 1 fully saturated rings. The van der Waals surface area contributed by atoms with E-state index in [1.54, 1.807) is 6.20 Å². The van der Waals surface area contributed by atoms with Crippen LogP contribution >= 0.6 is 0 Å². The third-order valence-electron chi connectivity index (χ3n) is 4.56. The van der Waals surface area contributed by atoms with Crippen LogP contribution in [0.4, 0.5) is 14.6 Å². The smallest absolute Gasteiger partial charge is 0.168 e. The average molecular weight is 374 g/mol. The molecule has 0 radical (unpaired) electrons.